The predicted molar refractivity (Wildman–Crippen MR) is 207 cm³/mol. The van der Waals surface area contributed by atoms with Gasteiger partial charge in [0, 0.05) is 29.1 Å². The fourth-order valence-corrected chi connectivity index (χ4v) is 10.9. The Morgan fingerprint density at radius 2 is 0.588 bits per heavy atom. The van der Waals surface area contributed by atoms with Crippen LogP contribution >= 0.6 is 0 Å². The van der Waals surface area contributed by atoms with E-state index in [2.05, 4.69) is 170 Å². The van der Waals surface area contributed by atoms with Crippen molar-refractivity contribution in [3.05, 3.63) is 203 Å². The van der Waals surface area contributed by atoms with Crippen molar-refractivity contribution in [1.82, 2.24) is 0 Å². The lowest BCUT2D eigenvalue weighted by molar-refractivity contribution is 0.00337. The van der Waals surface area contributed by atoms with Crippen molar-refractivity contribution in [3.63, 3.8) is 0 Å². The molecule has 9 rings (SSSR count). The monoisotopic (exact) mass is 666 g/mol. The minimum Gasteiger partial charge on any atom is -0.392 e. The first-order valence-electron chi connectivity index (χ1n) is 18.9. The van der Waals surface area contributed by atoms with Crippen molar-refractivity contribution in [2.45, 2.75) is 67.0 Å². The van der Waals surface area contributed by atoms with Gasteiger partial charge in [0.1, 0.15) is 0 Å². The maximum atomic E-state index is 12.4. The Morgan fingerprint density at radius 1 is 0.333 bits per heavy atom. The first-order chi connectivity index (χ1) is 25.1. The molecule has 2 nitrogen and oxygen atoms in total. The number of fused-ring (bicyclic) bond motifs is 3. The lowest BCUT2D eigenvalue weighted by Crippen LogP contribution is -2.51. The Labute approximate surface area is 302 Å². The number of benzene rings is 6. The molecule has 0 saturated heterocycles. The second kappa shape index (κ2) is 13.4. The van der Waals surface area contributed by atoms with E-state index in [1.54, 1.807) is 0 Å². The van der Waals surface area contributed by atoms with Crippen molar-refractivity contribution in [1.29, 1.82) is 0 Å². The molecule has 2 saturated carbocycles. The lowest BCUT2D eigenvalue weighted by Gasteiger charge is -2.55. The Bertz CT molecular complexity index is 1820. The van der Waals surface area contributed by atoms with Gasteiger partial charge in [-0.2, -0.15) is 0 Å². The topological polar surface area (TPSA) is 40.5 Å². The van der Waals surface area contributed by atoms with Crippen molar-refractivity contribution in [2.24, 2.45) is 11.8 Å². The molecule has 0 heterocycles. The third-order valence-electron chi connectivity index (χ3n) is 13.0. The van der Waals surface area contributed by atoms with E-state index in [0.717, 1.165) is 25.7 Å². The maximum Gasteiger partial charge on any atom is 0.0677 e. The van der Waals surface area contributed by atoms with Crippen LogP contribution in [0.4, 0.5) is 0 Å². The fourth-order valence-electron chi connectivity index (χ4n) is 10.9. The number of aliphatic hydroxyl groups excluding tert-OH is 2. The molecule has 51 heavy (non-hydrogen) atoms. The highest BCUT2D eigenvalue weighted by Crippen LogP contribution is 2.65. The molecule has 4 unspecified atom stereocenters. The highest BCUT2D eigenvalue weighted by atomic mass is 16.3. The molecule has 0 bridgehead atoms. The summed E-state index contributed by atoms with van der Waals surface area (Å²) in [4.78, 5) is 0. The first-order valence-corrected chi connectivity index (χ1v) is 18.9. The van der Waals surface area contributed by atoms with Gasteiger partial charge >= 0.3 is 0 Å². The van der Waals surface area contributed by atoms with Gasteiger partial charge in [0.25, 0.3) is 0 Å². The summed E-state index contributed by atoms with van der Waals surface area (Å²) in [5.41, 5.74) is 10.1. The van der Waals surface area contributed by atoms with Crippen LogP contribution in [0.1, 0.15) is 82.7 Å². The summed E-state index contributed by atoms with van der Waals surface area (Å²) in [6.07, 6.45) is 2.59. The van der Waals surface area contributed by atoms with Gasteiger partial charge in [-0.3, -0.25) is 0 Å². The summed E-state index contributed by atoms with van der Waals surface area (Å²) in [6.45, 7) is 0. The number of aliphatic hydroxyl groups is 2. The molecule has 0 aliphatic heterocycles. The molecule has 0 spiro atoms. The van der Waals surface area contributed by atoms with Crippen molar-refractivity contribution >= 4 is 0 Å². The van der Waals surface area contributed by atoms with E-state index in [9.17, 15) is 10.2 Å². The normalized spacial score (nSPS) is 28.0. The highest BCUT2D eigenvalue weighted by Gasteiger charge is 2.58. The van der Waals surface area contributed by atoms with Gasteiger partial charge in [0.2, 0.25) is 0 Å². The van der Waals surface area contributed by atoms with Crippen LogP contribution in [-0.2, 0) is 5.41 Å². The SMILES string of the molecule is OC1C(c2ccccc2)CC(C2(C3CC(c4ccccc4)C(O)C(c4ccccc4)C3)c3ccccc3-c3ccccc32)CC1c1ccccc1. The van der Waals surface area contributed by atoms with E-state index in [-0.39, 0.29) is 40.9 Å². The van der Waals surface area contributed by atoms with Gasteiger partial charge in [-0.15, -0.1) is 0 Å². The Morgan fingerprint density at radius 3 is 0.882 bits per heavy atom. The van der Waals surface area contributed by atoms with E-state index < -0.39 is 12.2 Å². The first kappa shape index (κ1) is 32.2. The van der Waals surface area contributed by atoms with Crippen molar-refractivity contribution < 1.29 is 10.2 Å². The molecule has 254 valence electrons. The van der Waals surface area contributed by atoms with Crippen molar-refractivity contribution in [2.75, 3.05) is 0 Å². The van der Waals surface area contributed by atoms with E-state index in [1.807, 2.05) is 0 Å². The minimum atomic E-state index is -0.489. The fraction of sp³-hybridized carbons (Fsp3) is 0.265. The van der Waals surface area contributed by atoms with Crippen LogP contribution in [0.25, 0.3) is 11.1 Å². The molecule has 0 aromatic heterocycles. The van der Waals surface area contributed by atoms with E-state index in [1.165, 1.54) is 44.5 Å². The molecule has 0 radical (unpaired) electrons. The van der Waals surface area contributed by atoms with Gasteiger partial charge in [-0.1, -0.05) is 170 Å². The van der Waals surface area contributed by atoms with Crippen LogP contribution in [0.15, 0.2) is 170 Å². The summed E-state index contributed by atoms with van der Waals surface area (Å²) in [7, 11) is 0. The third-order valence-corrected chi connectivity index (χ3v) is 13.0. The standard InChI is InChI=1S/C49H46O2/c50-47-41(33-17-5-1-6-18-33)29-37(30-42(47)34-19-7-2-8-20-34)49(45-27-15-13-25-39(45)40-26-14-16-28-46(40)49)38-31-43(35-21-9-3-10-22-35)48(51)44(32-38)36-23-11-4-12-24-36/h1-28,37-38,41-44,47-48,50-51H,29-32H2. The van der Waals surface area contributed by atoms with Crippen LogP contribution in [0.3, 0.4) is 0 Å². The van der Waals surface area contributed by atoms with Gasteiger partial charge in [-0.25, -0.2) is 0 Å². The third kappa shape index (κ3) is 5.39. The van der Waals surface area contributed by atoms with E-state index >= 15 is 0 Å². The lowest BCUT2D eigenvalue weighted by atomic mass is 9.49. The van der Waals surface area contributed by atoms with Crippen LogP contribution in [0.5, 0.6) is 0 Å². The highest BCUT2D eigenvalue weighted by molar-refractivity contribution is 5.81. The predicted octanol–water partition coefficient (Wildman–Crippen LogP) is 10.6. The van der Waals surface area contributed by atoms with Gasteiger partial charge in [-0.05, 0) is 82.0 Å². The second-order valence-electron chi connectivity index (χ2n) is 15.3. The zero-order valence-corrected chi connectivity index (χ0v) is 29.0. The summed E-state index contributed by atoms with van der Waals surface area (Å²) in [5.74, 6) is 0.474. The summed E-state index contributed by atoms with van der Waals surface area (Å²) < 4.78 is 0. The van der Waals surface area contributed by atoms with Gasteiger partial charge in [0.15, 0.2) is 0 Å². The molecule has 2 fully saturated rings. The molecular weight excluding hydrogens is 621 g/mol. The Balaban J connectivity index is 1.28. The zero-order valence-electron chi connectivity index (χ0n) is 29.0. The van der Waals surface area contributed by atoms with E-state index in [4.69, 9.17) is 0 Å². The molecule has 3 aliphatic rings. The van der Waals surface area contributed by atoms with Crippen molar-refractivity contribution in [3.8, 4) is 11.1 Å². The molecule has 0 amide bonds. The second-order valence-corrected chi connectivity index (χ2v) is 15.3. The number of hydrogen-bond acceptors (Lipinski definition) is 2. The number of hydrogen-bond donors (Lipinski definition) is 2. The largest absolute Gasteiger partial charge is 0.392 e. The van der Waals surface area contributed by atoms with Gasteiger partial charge in [0.05, 0.1) is 12.2 Å². The van der Waals surface area contributed by atoms with Crippen LogP contribution in [-0.4, -0.2) is 22.4 Å². The Hall–Kier alpha value is -4.76. The quantitative estimate of drug-likeness (QED) is 0.186. The van der Waals surface area contributed by atoms with E-state index in [0.29, 0.717) is 0 Å². The molecule has 6 aromatic rings. The molecule has 4 atom stereocenters. The summed E-state index contributed by atoms with van der Waals surface area (Å²) in [6, 6.07) is 61.4. The summed E-state index contributed by atoms with van der Waals surface area (Å²) in [5, 5.41) is 24.7. The molecule has 2 heteroatoms. The molecule has 2 N–H and O–H groups in total. The van der Waals surface area contributed by atoms with Crippen LogP contribution in [0, 0.1) is 11.8 Å². The van der Waals surface area contributed by atoms with Gasteiger partial charge < -0.3 is 10.2 Å². The maximum absolute atomic E-state index is 12.4. The zero-order chi connectivity index (χ0) is 34.4. The Kier molecular flexibility index (Phi) is 8.46. The smallest absolute Gasteiger partial charge is 0.0677 e. The van der Waals surface area contributed by atoms with Crippen LogP contribution < -0.4 is 0 Å². The molecular formula is C49H46O2. The average molecular weight is 667 g/mol. The minimum absolute atomic E-state index is 0.00372. The summed E-state index contributed by atoms with van der Waals surface area (Å²) >= 11 is 0. The van der Waals surface area contributed by atoms with Crippen LogP contribution in [0.2, 0.25) is 0 Å². The molecule has 6 aromatic carbocycles. The molecule has 3 aliphatic carbocycles. The number of rotatable bonds is 6. The average Bonchev–Trinajstić information content (AvgIpc) is 3.50.